The van der Waals surface area contributed by atoms with Crippen LogP contribution in [-0.2, 0) is 4.79 Å². The van der Waals surface area contributed by atoms with Gasteiger partial charge in [0.25, 0.3) is 0 Å². The van der Waals surface area contributed by atoms with Crippen molar-refractivity contribution in [2.75, 3.05) is 0 Å². The predicted molar refractivity (Wildman–Crippen MR) is 65.3 cm³/mol. The molecular formula is C12H22O2S. The molecule has 0 heterocycles. The molecular weight excluding hydrogens is 208 g/mol. The average molecular weight is 230 g/mol. The molecule has 0 aromatic rings. The van der Waals surface area contributed by atoms with Crippen molar-refractivity contribution in [3.8, 4) is 0 Å². The van der Waals surface area contributed by atoms with Crippen LogP contribution in [0.5, 0.6) is 0 Å². The van der Waals surface area contributed by atoms with Crippen molar-refractivity contribution < 1.29 is 9.90 Å². The van der Waals surface area contributed by atoms with Crippen LogP contribution in [0.25, 0.3) is 0 Å². The van der Waals surface area contributed by atoms with E-state index in [0.717, 1.165) is 12.3 Å². The smallest absolute Gasteiger partial charge is 0.316 e. The van der Waals surface area contributed by atoms with E-state index < -0.39 is 5.97 Å². The molecule has 3 atom stereocenters. The van der Waals surface area contributed by atoms with Crippen molar-refractivity contribution in [1.82, 2.24) is 0 Å². The van der Waals surface area contributed by atoms with Crippen LogP contribution < -0.4 is 0 Å². The van der Waals surface area contributed by atoms with E-state index in [9.17, 15) is 4.79 Å². The van der Waals surface area contributed by atoms with Crippen LogP contribution >= 0.6 is 11.8 Å². The first-order valence-corrected chi connectivity index (χ1v) is 6.99. The van der Waals surface area contributed by atoms with Crippen molar-refractivity contribution >= 4 is 17.7 Å². The molecule has 0 aromatic carbocycles. The van der Waals surface area contributed by atoms with Crippen LogP contribution in [0, 0.1) is 5.92 Å². The lowest BCUT2D eigenvalue weighted by atomic mass is 9.87. The third kappa shape index (κ3) is 4.06. The fourth-order valence-electron chi connectivity index (χ4n) is 2.30. The summed E-state index contributed by atoms with van der Waals surface area (Å²) in [5, 5.41) is 9.40. The van der Waals surface area contributed by atoms with E-state index in [-0.39, 0.29) is 5.25 Å². The standard InChI is InChI=1S/C12H22O2S/c1-3-9-6-5-7-10(8-9)15-11(4-2)12(13)14/h9-11H,3-8H2,1-2H3,(H,13,14). The quantitative estimate of drug-likeness (QED) is 0.784. The number of carboxylic acid groups (broad SMARTS) is 1. The number of aliphatic carboxylic acids is 1. The molecule has 1 saturated carbocycles. The maximum Gasteiger partial charge on any atom is 0.316 e. The van der Waals surface area contributed by atoms with Crippen molar-refractivity contribution in [1.29, 1.82) is 0 Å². The monoisotopic (exact) mass is 230 g/mol. The Morgan fingerprint density at radius 3 is 2.73 bits per heavy atom. The van der Waals surface area contributed by atoms with Crippen molar-refractivity contribution in [2.24, 2.45) is 5.92 Å². The summed E-state index contributed by atoms with van der Waals surface area (Å²) in [6.07, 6.45) is 7.06. The molecule has 88 valence electrons. The van der Waals surface area contributed by atoms with Crippen molar-refractivity contribution in [2.45, 2.75) is 62.9 Å². The minimum absolute atomic E-state index is 0.189. The lowest BCUT2D eigenvalue weighted by Crippen LogP contribution is -2.23. The van der Waals surface area contributed by atoms with E-state index in [2.05, 4.69) is 6.92 Å². The van der Waals surface area contributed by atoms with Gasteiger partial charge in [-0.1, -0.05) is 33.1 Å². The van der Waals surface area contributed by atoms with Crippen LogP contribution in [0.4, 0.5) is 0 Å². The van der Waals surface area contributed by atoms with E-state index >= 15 is 0 Å². The molecule has 15 heavy (non-hydrogen) atoms. The molecule has 2 nitrogen and oxygen atoms in total. The summed E-state index contributed by atoms with van der Waals surface area (Å²) in [5.74, 6) is 0.198. The van der Waals surface area contributed by atoms with Gasteiger partial charge in [-0.3, -0.25) is 4.79 Å². The Kier molecular flexibility index (Phi) is 5.51. The first-order valence-electron chi connectivity index (χ1n) is 6.05. The summed E-state index contributed by atoms with van der Waals surface area (Å²) >= 11 is 1.69. The van der Waals surface area contributed by atoms with Crippen LogP contribution in [0.1, 0.15) is 52.4 Å². The molecule has 1 aliphatic rings. The highest BCUT2D eigenvalue weighted by Crippen LogP contribution is 2.36. The Hall–Kier alpha value is -0.180. The Morgan fingerprint density at radius 1 is 1.47 bits per heavy atom. The van der Waals surface area contributed by atoms with E-state index in [4.69, 9.17) is 5.11 Å². The molecule has 0 aromatic heterocycles. The number of thioether (sulfide) groups is 1. The van der Waals surface area contributed by atoms with E-state index in [1.54, 1.807) is 11.8 Å². The van der Waals surface area contributed by atoms with Gasteiger partial charge in [-0.2, -0.15) is 0 Å². The summed E-state index contributed by atoms with van der Waals surface area (Å²) in [6, 6.07) is 0. The van der Waals surface area contributed by atoms with Crippen molar-refractivity contribution in [3.05, 3.63) is 0 Å². The van der Waals surface area contributed by atoms with Gasteiger partial charge < -0.3 is 5.11 Å². The van der Waals surface area contributed by atoms with Gasteiger partial charge in [-0.05, 0) is 25.2 Å². The zero-order chi connectivity index (χ0) is 11.3. The Morgan fingerprint density at radius 2 is 2.20 bits per heavy atom. The first-order chi connectivity index (χ1) is 7.17. The zero-order valence-electron chi connectivity index (χ0n) is 9.74. The molecule has 0 spiro atoms. The molecule has 0 aliphatic heterocycles. The normalized spacial score (nSPS) is 28.7. The average Bonchev–Trinajstić information content (AvgIpc) is 2.25. The van der Waals surface area contributed by atoms with E-state index in [1.165, 1.54) is 32.1 Å². The number of hydrogen-bond donors (Lipinski definition) is 1. The van der Waals surface area contributed by atoms with Gasteiger partial charge in [0.1, 0.15) is 5.25 Å². The van der Waals surface area contributed by atoms with Gasteiger partial charge in [0.05, 0.1) is 0 Å². The van der Waals surface area contributed by atoms with E-state index in [0.29, 0.717) is 5.25 Å². The zero-order valence-corrected chi connectivity index (χ0v) is 10.6. The second kappa shape index (κ2) is 6.41. The predicted octanol–water partition coefficient (Wildman–Crippen LogP) is 3.55. The molecule has 3 heteroatoms. The Balaban J connectivity index is 2.39. The lowest BCUT2D eigenvalue weighted by molar-refractivity contribution is -0.136. The second-order valence-electron chi connectivity index (χ2n) is 4.43. The third-order valence-electron chi connectivity index (χ3n) is 3.31. The minimum atomic E-state index is -0.638. The number of rotatable bonds is 5. The summed E-state index contributed by atoms with van der Waals surface area (Å²) in [4.78, 5) is 10.9. The molecule has 0 radical (unpaired) electrons. The first kappa shape index (κ1) is 12.9. The van der Waals surface area contributed by atoms with Gasteiger partial charge in [0.2, 0.25) is 0 Å². The topological polar surface area (TPSA) is 37.3 Å². The maximum atomic E-state index is 10.9. The van der Waals surface area contributed by atoms with Crippen LogP contribution in [0.3, 0.4) is 0 Å². The SMILES string of the molecule is CCC1CCCC(SC(CC)C(=O)O)C1. The van der Waals surface area contributed by atoms with Gasteiger partial charge in [0, 0.05) is 5.25 Å². The largest absolute Gasteiger partial charge is 0.480 e. The molecule has 0 bridgehead atoms. The maximum absolute atomic E-state index is 10.9. The van der Waals surface area contributed by atoms with Gasteiger partial charge in [-0.25, -0.2) is 0 Å². The van der Waals surface area contributed by atoms with Gasteiger partial charge in [-0.15, -0.1) is 11.8 Å². The molecule has 1 fully saturated rings. The summed E-state index contributed by atoms with van der Waals surface area (Å²) in [6.45, 7) is 4.21. The summed E-state index contributed by atoms with van der Waals surface area (Å²) in [7, 11) is 0. The number of hydrogen-bond acceptors (Lipinski definition) is 2. The van der Waals surface area contributed by atoms with E-state index in [1.807, 2.05) is 6.92 Å². The minimum Gasteiger partial charge on any atom is -0.480 e. The van der Waals surface area contributed by atoms with Crippen LogP contribution in [-0.4, -0.2) is 21.6 Å². The van der Waals surface area contributed by atoms with Crippen LogP contribution in [0.2, 0.25) is 0 Å². The summed E-state index contributed by atoms with van der Waals surface area (Å²) in [5.41, 5.74) is 0. The number of carbonyl (C=O) groups is 1. The molecule has 1 aliphatic carbocycles. The highest BCUT2D eigenvalue weighted by molar-refractivity contribution is 8.01. The van der Waals surface area contributed by atoms with Gasteiger partial charge in [0.15, 0.2) is 0 Å². The van der Waals surface area contributed by atoms with Crippen molar-refractivity contribution in [3.63, 3.8) is 0 Å². The Labute approximate surface area is 96.8 Å². The fourth-order valence-corrected chi connectivity index (χ4v) is 3.76. The fraction of sp³-hybridized carbons (Fsp3) is 0.917. The molecule has 3 unspecified atom stereocenters. The lowest BCUT2D eigenvalue weighted by Gasteiger charge is -2.29. The highest BCUT2D eigenvalue weighted by Gasteiger charge is 2.26. The third-order valence-corrected chi connectivity index (χ3v) is 4.99. The van der Waals surface area contributed by atoms with Crippen LogP contribution in [0.15, 0.2) is 0 Å². The molecule has 1 rings (SSSR count). The van der Waals surface area contributed by atoms with Gasteiger partial charge >= 0.3 is 5.97 Å². The number of carboxylic acids is 1. The summed E-state index contributed by atoms with van der Waals surface area (Å²) < 4.78 is 0. The molecule has 0 amide bonds. The Bertz CT molecular complexity index is 206. The molecule has 0 saturated heterocycles. The highest BCUT2D eigenvalue weighted by atomic mass is 32.2. The second-order valence-corrected chi connectivity index (χ2v) is 5.94. The molecule has 1 N–H and O–H groups in total.